The third-order valence-electron chi connectivity index (χ3n) is 1.96. The molecule has 88 valence electrons. The summed E-state index contributed by atoms with van der Waals surface area (Å²) in [6, 6.07) is -1.15. The second-order valence-electron chi connectivity index (χ2n) is 3.55. The van der Waals surface area contributed by atoms with Gasteiger partial charge in [0.2, 0.25) is 5.91 Å². The minimum Gasteiger partial charge on any atom is -0.481 e. The molecule has 0 saturated heterocycles. The number of carbonyl (C=O) groups is 2. The van der Waals surface area contributed by atoms with Crippen LogP contribution in [0, 0.1) is 0 Å². The van der Waals surface area contributed by atoms with Crippen LogP contribution in [-0.2, 0) is 9.59 Å². The van der Waals surface area contributed by atoms with Crippen molar-refractivity contribution in [1.82, 2.24) is 4.90 Å². The Hall–Kier alpha value is -1.14. The predicted octanol–water partition coefficient (Wildman–Crippen LogP) is -0.982. The third-order valence-corrected chi connectivity index (χ3v) is 1.96. The molecule has 4 N–H and O–H groups in total. The fourth-order valence-corrected chi connectivity index (χ4v) is 1.22. The van der Waals surface area contributed by atoms with E-state index in [2.05, 4.69) is 0 Å². The Morgan fingerprint density at radius 2 is 1.93 bits per heavy atom. The quantitative estimate of drug-likeness (QED) is 0.531. The molecule has 0 spiro atoms. The van der Waals surface area contributed by atoms with Crippen LogP contribution in [0.4, 0.5) is 0 Å². The van der Waals surface area contributed by atoms with Crippen LogP contribution in [0.15, 0.2) is 0 Å². The van der Waals surface area contributed by atoms with Crippen LogP contribution in [0.25, 0.3) is 0 Å². The molecule has 0 aliphatic heterocycles. The summed E-state index contributed by atoms with van der Waals surface area (Å²) < 4.78 is 0. The number of rotatable bonds is 6. The lowest BCUT2D eigenvalue weighted by Gasteiger charge is -2.28. The topological polar surface area (TPSA) is 104 Å². The van der Waals surface area contributed by atoms with Gasteiger partial charge in [0.1, 0.15) is 0 Å². The lowest BCUT2D eigenvalue weighted by atomic mass is 10.1. The summed E-state index contributed by atoms with van der Waals surface area (Å²) in [6.07, 6.45) is -0.395. The maximum Gasteiger partial charge on any atom is 0.305 e. The van der Waals surface area contributed by atoms with Crippen LogP contribution in [0.5, 0.6) is 0 Å². The Balaban J connectivity index is 4.41. The Kier molecular flexibility index (Phi) is 5.88. The molecular weight excluding hydrogens is 200 g/mol. The Bertz CT molecular complexity index is 230. The maximum absolute atomic E-state index is 11.6. The van der Waals surface area contributed by atoms with E-state index in [9.17, 15) is 9.59 Å². The molecule has 0 aromatic rings. The first kappa shape index (κ1) is 13.9. The average Bonchev–Trinajstić information content (AvgIpc) is 2.11. The van der Waals surface area contributed by atoms with Crippen molar-refractivity contribution in [2.45, 2.75) is 32.4 Å². The highest BCUT2D eigenvalue weighted by molar-refractivity contribution is 5.86. The number of nitrogens with zero attached hydrogens (tertiary/aromatic N) is 1. The van der Waals surface area contributed by atoms with E-state index in [4.69, 9.17) is 15.9 Å². The van der Waals surface area contributed by atoms with E-state index < -0.39 is 24.3 Å². The van der Waals surface area contributed by atoms with Gasteiger partial charge in [-0.1, -0.05) is 0 Å². The van der Waals surface area contributed by atoms with E-state index >= 15 is 0 Å². The van der Waals surface area contributed by atoms with E-state index in [0.717, 1.165) is 0 Å². The molecule has 0 heterocycles. The molecule has 0 rings (SSSR count). The number of nitrogens with two attached hydrogens (primary N) is 1. The van der Waals surface area contributed by atoms with Crippen LogP contribution in [0.3, 0.4) is 0 Å². The van der Waals surface area contributed by atoms with E-state index in [-0.39, 0.29) is 19.2 Å². The minimum atomic E-state index is -1.11. The third kappa shape index (κ3) is 4.75. The van der Waals surface area contributed by atoms with Crippen LogP contribution in [0.2, 0.25) is 0 Å². The van der Waals surface area contributed by atoms with Gasteiger partial charge in [-0.3, -0.25) is 9.59 Å². The van der Waals surface area contributed by atoms with Gasteiger partial charge in [-0.25, -0.2) is 0 Å². The SMILES string of the molecule is CC(C)N(CCO)C(=O)C(N)CC(=O)O. The largest absolute Gasteiger partial charge is 0.481 e. The predicted molar refractivity (Wildman–Crippen MR) is 54.2 cm³/mol. The fraction of sp³-hybridized carbons (Fsp3) is 0.778. The highest BCUT2D eigenvalue weighted by atomic mass is 16.4. The van der Waals surface area contributed by atoms with Gasteiger partial charge < -0.3 is 20.8 Å². The van der Waals surface area contributed by atoms with Gasteiger partial charge in [0.25, 0.3) is 0 Å². The van der Waals surface area contributed by atoms with Gasteiger partial charge in [-0.05, 0) is 13.8 Å². The van der Waals surface area contributed by atoms with E-state index in [1.54, 1.807) is 13.8 Å². The number of carbonyl (C=O) groups excluding carboxylic acids is 1. The van der Waals surface area contributed by atoms with E-state index in [0.29, 0.717) is 0 Å². The molecular formula is C9H18N2O4. The van der Waals surface area contributed by atoms with E-state index in [1.807, 2.05) is 0 Å². The van der Waals surface area contributed by atoms with Crippen molar-refractivity contribution in [3.05, 3.63) is 0 Å². The van der Waals surface area contributed by atoms with Crippen LogP contribution < -0.4 is 5.73 Å². The number of amides is 1. The standard InChI is InChI=1S/C9H18N2O4/c1-6(2)11(3-4-12)9(15)7(10)5-8(13)14/h6-7,12H,3-5,10H2,1-2H3,(H,13,14). The van der Waals surface area contributed by atoms with Crippen LogP contribution in [-0.4, -0.2) is 52.2 Å². The Labute approximate surface area is 88.7 Å². The number of aliphatic hydroxyl groups excluding tert-OH is 1. The molecule has 0 aliphatic rings. The molecule has 0 fully saturated rings. The molecule has 1 unspecified atom stereocenters. The molecule has 0 bridgehead atoms. The van der Waals surface area contributed by atoms with Crippen molar-refractivity contribution >= 4 is 11.9 Å². The van der Waals surface area contributed by atoms with Crippen molar-refractivity contribution in [2.24, 2.45) is 5.73 Å². The minimum absolute atomic E-state index is 0.107. The molecule has 0 aliphatic carbocycles. The lowest BCUT2D eigenvalue weighted by Crippen LogP contribution is -2.48. The zero-order valence-electron chi connectivity index (χ0n) is 9.01. The van der Waals surface area contributed by atoms with Crippen LogP contribution >= 0.6 is 0 Å². The fourth-order valence-electron chi connectivity index (χ4n) is 1.22. The summed E-state index contributed by atoms with van der Waals surface area (Å²) in [5.41, 5.74) is 5.43. The highest BCUT2D eigenvalue weighted by Crippen LogP contribution is 2.02. The maximum atomic E-state index is 11.6. The first-order valence-corrected chi connectivity index (χ1v) is 4.78. The van der Waals surface area contributed by atoms with Gasteiger partial charge in [-0.15, -0.1) is 0 Å². The van der Waals surface area contributed by atoms with Crippen molar-refractivity contribution in [2.75, 3.05) is 13.2 Å². The van der Waals surface area contributed by atoms with Gasteiger partial charge >= 0.3 is 5.97 Å². The molecule has 6 nitrogen and oxygen atoms in total. The molecule has 1 atom stereocenters. The zero-order valence-corrected chi connectivity index (χ0v) is 9.01. The van der Waals surface area contributed by atoms with E-state index in [1.165, 1.54) is 4.90 Å². The van der Waals surface area contributed by atoms with Gasteiger partial charge in [0.15, 0.2) is 0 Å². The number of hydrogen-bond donors (Lipinski definition) is 3. The number of carboxylic acid groups (broad SMARTS) is 1. The van der Waals surface area contributed by atoms with Crippen LogP contribution in [0.1, 0.15) is 20.3 Å². The Morgan fingerprint density at radius 3 is 2.27 bits per heavy atom. The molecule has 0 aromatic heterocycles. The summed E-state index contributed by atoms with van der Waals surface area (Å²) >= 11 is 0. The second kappa shape index (κ2) is 6.36. The van der Waals surface area contributed by atoms with Crippen molar-refractivity contribution in [3.8, 4) is 0 Å². The summed E-state index contributed by atoms with van der Waals surface area (Å²) in [6.45, 7) is 3.57. The second-order valence-corrected chi connectivity index (χ2v) is 3.55. The van der Waals surface area contributed by atoms with Crippen molar-refractivity contribution in [1.29, 1.82) is 0 Å². The first-order chi connectivity index (χ1) is 6.90. The van der Waals surface area contributed by atoms with Gasteiger partial charge in [0, 0.05) is 12.6 Å². The number of aliphatic hydroxyl groups is 1. The normalized spacial score (nSPS) is 12.6. The summed E-state index contributed by atoms with van der Waals surface area (Å²) in [5.74, 6) is -1.55. The molecule has 1 amide bonds. The summed E-state index contributed by atoms with van der Waals surface area (Å²) in [7, 11) is 0. The van der Waals surface area contributed by atoms with Crippen molar-refractivity contribution in [3.63, 3.8) is 0 Å². The monoisotopic (exact) mass is 218 g/mol. The summed E-state index contributed by atoms with van der Waals surface area (Å²) in [4.78, 5) is 23.4. The number of carboxylic acids is 1. The zero-order chi connectivity index (χ0) is 12.0. The van der Waals surface area contributed by atoms with Gasteiger partial charge in [-0.2, -0.15) is 0 Å². The molecule has 0 aromatic carbocycles. The number of hydrogen-bond acceptors (Lipinski definition) is 4. The average molecular weight is 218 g/mol. The summed E-state index contributed by atoms with van der Waals surface area (Å²) in [5, 5.41) is 17.2. The molecule has 15 heavy (non-hydrogen) atoms. The number of aliphatic carboxylic acids is 1. The Morgan fingerprint density at radius 1 is 1.40 bits per heavy atom. The first-order valence-electron chi connectivity index (χ1n) is 4.78. The highest BCUT2D eigenvalue weighted by Gasteiger charge is 2.24. The molecule has 6 heteroatoms. The van der Waals surface area contributed by atoms with Crippen molar-refractivity contribution < 1.29 is 19.8 Å². The smallest absolute Gasteiger partial charge is 0.305 e. The molecule has 0 radical (unpaired) electrons. The van der Waals surface area contributed by atoms with Gasteiger partial charge in [0.05, 0.1) is 19.1 Å². The molecule has 0 saturated carbocycles. The lowest BCUT2D eigenvalue weighted by molar-refractivity contribution is -0.142.